The van der Waals surface area contributed by atoms with E-state index in [1.807, 2.05) is 36.4 Å². The van der Waals surface area contributed by atoms with E-state index in [1.165, 1.54) is 17.6 Å². The number of fused-ring (bicyclic) bond motifs is 1. The Morgan fingerprint density at radius 2 is 1.90 bits per heavy atom. The van der Waals surface area contributed by atoms with Gasteiger partial charge in [-0.3, -0.25) is 4.79 Å². The number of ether oxygens (including phenoxy) is 2. The molecule has 0 saturated heterocycles. The molecule has 1 aromatic heterocycles. The van der Waals surface area contributed by atoms with E-state index in [4.69, 9.17) is 9.47 Å². The van der Waals surface area contributed by atoms with Crippen LogP contribution in [-0.4, -0.2) is 48.5 Å². The lowest BCUT2D eigenvalue weighted by molar-refractivity contribution is -0.937. The Hall–Kier alpha value is -2.83. The lowest BCUT2D eigenvalue weighted by atomic mass is 10.1. The van der Waals surface area contributed by atoms with Crippen molar-refractivity contribution >= 4 is 16.9 Å². The number of carbonyl (C=O) groups excluding carboxylic acids is 1. The van der Waals surface area contributed by atoms with Crippen molar-refractivity contribution in [2.24, 2.45) is 0 Å². The van der Waals surface area contributed by atoms with Gasteiger partial charge < -0.3 is 24.5 Å². The number of aromatic nitrogens is 1. The molecule has 3 aromatic rings. The summed E-state index contributed by atoms with van der Waals surface area (Å²) in [6.45, 7) is 5.95. The molecule has 2 aromatic carbocycles. The Bertz CT molecular complexity index is 952. The minimum absolute atomic E-state index is 0.168. The van der Waals surface area contributed by atoms with Gasteiger partial charge in [0, 0.05) is 22.7 Å². The van der Waals surface area contributed by atoms with Crippen molar-refractivity contribution in [2.75, 3.05) is 20.3 Å². The van der Waals surface area contributed by atoms with Gasteiger partial charge in [0.25, 0.3) is 0 Å². The van der Waals surface area contributed by atoms with Crippen LogP contribution in [0.3, 0.4) is 0 Å². The first kappa shape index (κ1) is 21.9. The second-order valence-electron chi connectivity index (χ2n) is 7.89. The number of carbonyl (C=O) groups is 1. The van der Waals surface area contributed by atoms with Crippen LogP contribution in [0.15, 0.2) is 54.7 Å². The Kier molecular flexibility index (Phi) is 7.49. The van der Waals surface area contributed by atoms with Gasteiger partial charge in [0.1, 0.15) is 31.5 Å². The molecule has 2 atom stereocenters. The molecule has 6 nitrogen and oxygen atoms in total. The predicted molar refractivity (Wildman–Crippen MR) is 117 cm³/mol. The largest absolute Gasteiger partial charge is 0.490 e. The molecular weight excluding hydrogens is 380 g/mol. The van der Waals surface area contributed by atoms with Crippen LogP contribution in [0.4, 0.5) is 0 Å². The SMILES string of the molecule is COC(=O)Cc1c[nH]c2cccc(OC[C@@H](O)C[NH+](Cc3ccccc3)C(C)C)c12. The highest BCUT2D eigenvalue weighted by atomic mass is 16.5. The summed E-state index contributed by atoms with van der Waals surface area (Å²) < 4.78 is 10.8. The van der Waals surface area contributed by atoms with Crippen LogP contribution < -0.4 is 9.64 Å². The number of hydrogen-bond donors (Lipinski definition) is 3. The number of aliphatic hydroxyl groups excluding tert-OH is 1. The van der Waals surface area contributed by atoms with E-state index in [0.29, 0.717) is 18.3 Å². The Morgan fingerprint density at radius 1 is 1.13 bits per heavy atom. The molecule has 3 rings (SSSR count). The molecule has 0 radical (unpaired) electrons. The summed E-state index contributed by atoms with van der Waals surface area (Å²) in [5, 5.41) is 11.5. The Balaban J connectivity index is 1.66. The van der Waals surface area contributed by atoms with Crippen molar-refractivity contribution in [3.63, 3.8) is 0 Å². The van der Waals surface area contributed by atoms with Crippen LogP contribution in [0.1, 0.15) is 25.0 Å². The molecule has 30 heavy (non-hydrogen) atoms. The van der Waals surface area contributed by atoms with Crippen LogP contribution >= 0.6 is 0 Å². The molecule has 1 heterocycles. The maximum absolute atomic E-state index is 11.7. The van der Waals surface area contributed by atoms with Crippen LogP contribution in [-0.2, 0) is 22.5 Å². The van der Waals surface area contributed by atoms with Gasteiger partial charge >= 0.3 is 5.97 Å². The summed E-state index contributed by atoms with van der Waals surface area (Å²) in [5.41, 5.74) is 2.96. The topological polar surface area (TPSA) is 76.0 Å². The fourth-order valence-corrected chi connectivity index (χ4v) is 3.62. The molecule has 0 aliphatic rings. The number of methoxy groups -OCH3 is 1. The summed E-state index contributed by atoms with van der Waals surface area (Å²) in [6.07, 6.45) is 1.36. The van der Waals surface area contributed by atoms with E-state index < -0.39 is 6.10 Å². The van der Waals surface area contributed by atoms with Gasteiger partial charge in [0.05, 0.1) is 19.6 Å². The lowest BCUT2D eigenvalue weighted by Gasteiger charge is -2.26. The number of nitrogens with one attached hydrogen (secondary N) is 2. The molecule has 0 amide bonds. The van der Waals surface area contributed by atoms with Crippen LogP contribution in [0, 0.1) is 0 Å². The molecule has 0 fully saturated rings. The normalized spacial score (nSPS) is 13.4. The molecule has 0 aliphatic carbocycles. The van der Waals surface area contributed by atoms with E-state index in [-0.39, 0.29) is 19.0 Å². The quantitative estimate of drug-likeness (QED) is 0.447. The monoisotopic (exact) mass is 411 g/mol. The third-order valence-corrected chi connectivity index (χ3v) is 5.33. The molecule has 6 heteroatoms. The third-order valence-electron chi connectivity index (χ3n) is 5.33. The summed E-state index contributed by atoms with van der Waals surface area (Å²) in [4.78, 5) is 16.2. The number of quaternary nitrogens is 1. The van der Waals surface area contributed by atoms with Crippen molar-refractivity contribution in [2.45, 2.75) is 39.0 Å². The van der Waals surface area contributed by atoms with Crippen LogP contribution in [0.2, 0.25) is 0 Å². The van der Waals surface area contributed by atoms with Crippen molar-refractivity contribution in [1.29, 1.82) is 0 Å². The zero-order valence-electron chi connectivity index (χ0n) is 17.9. The lowest BCUT2D eigenvalue weighted by Crippen LogP contribution is -3.14. The summed E-state index contributed by atoms with van der Waals surface area (Å²) in [5.74, 6) is 0.351. The number of esters is 1. The number of aliphatic hydroxyl groups is 1. The first-order valence-electron chi connectivity index (χ1n) is 10.3. The number of H-pyrrole nitrogens is 1. The first-order valence-corrected chi connectivity index (χ1v) is 10.3. The average Bonchev–Trinajstić information content (AvgIpc) is 3.15. The molecular formula is C24H31N2O4+. The van der Waals surface area contributed by atoms with Crippen LogP contribution in [0.5, 0.6) is 5.75 Å². The molecule has 1 unspecified atom stereocenters. The third kappa shape index (κ3) is 5.62. The van der Waals surface area contributed by atoms with E-state index in [2.05, 4.69) is 31.0 Å². The van der Waals surface area contributed by atoms with Gasteiger partial charge in [0.15, 0.2) is 0 Å². The highest BCUT2D eigenvalue weighted by Crippen LogP contribution is 2.29. The standard InChI is InChI=1S/C24H30N2O4/c1-17(2)26(14-18-8-5-4-6-9-18)15-20(27)16-30-22-11-7-10-21-24(22)19(13-25-21)12-23(28)29-3/h4-11,13,17,20,25,27H,12,14-16H2,1-3H3/p+1/t20-/m0/s1. The van der Waals surface area contributed by atoms with Gasteiger partial charge in [-0.15, -0.1) is 0 Å². The average molecular weight is 412 g/mol. The first-order chi connectivity index (χ1) is 14.5. The predicted octanol–water partition coefficient (Wildman–Crippen LogP) is 2.12. The number of hydrogen-bond acceptors (Lipinski definition) is 4. The van der Waals surface area contributed by atoms with E-state index in [0.717, 1.165) is 23.0 Å². The molecule has 0 aliphatic heterocycles. The van der Waals surface area contributed by atoms with E-state index >= 15 is 0 Å². The molecule has 0 spiro atoms. The second-order valence-corrected chi connectivity index (χ2v) is 7.89. The maximum atomic E-state index is 11.7. The fraction of sp³-hybridized carbons (Fsp3) is 0.375. The van der Waals surface area contributed by atoms with Crippen molar-refractivity contribution in [3.05, 3.63) is 65.9 Å². The Labute approximate surface area is 177 Å². The molecule has 0 saturated carbocycles. The smallest absolute Gasteiger partial charge is 0.310 e. The highest BCUT2D eigenvalue weighted by molar-refractivity contribution is 5.92. The summed E-state index contributed by atoms with van der Waals surface area (Å²) >= 11 is 0. The Morgan fingerprint density at radius 3 is 2.60 bits per heavy atom. The number of benzene rings is 2. The highest BCUT2D eigenvalue weighted by Gasteiger charge is 2.20. The minimum Gasteiger partial charge on any atom is -0.490 e. The maximum Gasteiger partial charge on any atom is 0.310 e. The molecule has 0 bridgehead atoms. The summed E-state index contributed by atoms with van der Waals surface area (Å²) in [6, 6.07) is 16.4. The van der Waals surface area contributed by atoms with Gasteiger partial charge in [-0.25, -0.2) is 0 Å². The van der Waals surface area contributed by atoms with E-state index in [9.17, 15) is 9.90 Å². The van der Waals surface area contributed by atoms with Gasteiger partial charge in [-0.2, -0.15) is 0 Å². The number of rotatable bonds is 10. The van der Waals surface area contributed by atoms with Gasteiger partial charge in [0.2, 0.25) is 0 Å². The van der Waals surface area contributed by atoms with Gasteiger partial charge in [-0.1, -0.05) is 36.4 Å². The fourth-order valence-electron chi connectivity index (χ4n) is 3.62. The van der Waals surface area contributed by atoms with Crippen LogP contribution in [0.25, 0.3) is 10.9 Å². The van der Waals surface area contributed by atoms with Crippen molar-refractivity contribution in [1.82, 2.24) is 4.98 Å². The minimum atomic E-state index is -0.607. The van der Waals surface area contributed by atoms with Gasteiger partial charge in [-0.05, 0) is 31.5 Å². The molecule has 3 N–H and O–H groups in total. The van der Waals surface area contributed by atoms with E-state index in [1.54, 1.807) is 6.20 Å². The molecule has 160 valence electrons. The zero-order chi connectivity index (χ0) is 21.5. The number of aromatic amines is 1. The second kappa shape index (κ2) is 10.3. The summed E-state index contributed by atoms with van der Waals surface area (Å²) in [7, 11) is 1.38. The van der Waals surface area contributed by atoms with Crippen molar-refractivity contribution in [3.8, 4) is 5.75 Å². The van der Waals surface area contributed by atoms with Crippen molar-refractivity contribution < 1.29 is 24.3 Å². The zero-order valence-corrected chi connectivity index (χ0v) is 17.9.